The largest absolute Gasteiger partial charge is 0.497 e. The molecule has 0 saturated heterocycles. The molecule has 0 aromatic heterocycles. The summed E-state index contributed by atoms with van der Waals surface area (Å²) in [6.07, 6.45) is 5.77. The third-order valence-corrected chi connectivity index (χ3v) is 20.9. The number of methoxy groups -OCH3 is 1. The summed E-state index contributed by atoms with van der Waals surface area (Å²) in [5, 5.41) is 0. The number of benzene rings is 1. The molecule has 0 spiro atoms. The number of rotatable bonds is 5. The quantitative estimate of drug-likeness (QED) is 0.462. The molecule has 1 aromatic rings. The Morgan fingerprint density at radius 3 is 1.60 bits per heavy atom. The summed E-state index contributed by atoms with van der Waals surface area (Å²) in [5.41, 5.74) is 0. The van der Waals surface area contributed by atoms with Gasteiger partial charge >= 0.3 is 0 Å². The number of hydrogen-bond donors (Lipinski definition) is 1. The van der Waals surface area contributed by atoms with E-state index in [9.17, 15) is 17.6 Å². The Labute approximate surface area is 118 Å². The van der Waals surface area contributed by atoms with Crippen molar-refractivity contribution in [3.05, 3.63) is 24.3 Å². The molecule has 0 atom stereocenters. The second kappa shape index (κ2) is 5.33. The Bertz CT molecular complexity index is 460. The van der Waals surface area contributed by atoms with Crippen molar-refractivity contribution in [2.45, 2.75) is 16.4 Å². The second-order valence-corrected chi connectivity index (χ2v) is 20.0. The molecule has 0 aliphatic carbocycles. The van der Waals surface area contributed by atoms with E-state index in [-0.39, 0.29) is 4.90 Å². The third kappa shape index (κ3) is 2.09. The maximum Gasteiger partial charge on any atom is 0.269 e. The predicted molar refractivity (Wildman–Crippen MR) is 83.5 cm³/mol. The number of halogens is 4. The highest BCUT2D eigenvalue weighted by Gasteiger charge is 2.60. The number of hydrogen-bond acceptors (Lipinski definition) is 1. The molecular formula is C13H22F4OS2. The van der Waals surface area contributed by atoms with Crippen LogP contribution in [0.3, 0.4) is 0 Å². The highest BCUT2D eigenvalue weighted by atomic mass is 33.2. The molecule has 1 nitrogen and oxygen atoms in total. The summed E-state index contributed by atoms with van der Waals surface area (Å²) in [4.78, 5) is 0.0734. The molecule has 0 saturated carbocycles. The van der Waals surface area contributed by atoms with Gasteiger partial charge in [0.15, 0.2) is 0 Å². The summed E-state index contributed by atoms with van der Waals surface area (Å²) in [5.74, 6) is -5.64. The van der Waals surface area contributed by atoms with Crippen molar-refractivity contribution in [2.75, 3.05) is 32.1 Å². The fraction of sp³-hybridized carbons (Fsp3) is 0.538. The minimum Gasteiger partial charge on any atom is -0.497 e. The highest BCUT2D eigenvalue weighted by Crippen LogP contribution is 2.98. The first-order chi connectivity index (χ1) is 9.00. The average molecular weight is 334 g/mol. The molecule has 0 amide bonds. The maximum absolute atomic E-state index is 13.9. The molecule has 0 heterocycles. The van der Waals surface area contributed by atoms with E-state index in [1.165, 1.54) is 31.4 Å². The third-order valence-electron chi connectivity index (χ3n) is 4.16. The van der Waals surface area contributed by atoms with Gasteiger partial charge in [-0.15, -0.1) is 8.19 Å². The van der Waals surface area contributed by atoms with Crippen molar-refractivity contribution in [1.82, 2.24) is 0 Å². The summed E-state index contributed by atoms with van der Waals surface area (Å²) in [7, 11) is -5.47. The number of thiol groups is 1. The van der Waals surface area contributed by atoms with Gasteiger partial charge in [-0.05, 0) is 54.2 Å². The average Bonchev–Trinajstić information content (AvgIpc) is 2.36. The van der Waals surface area contributed by atoms with Gasteiger partial charge in [0.1, 0.15) is 5.75 Å². The van der Waals surface area contributed by atoms with Crippen molar-refractivity contribution in [3.8, 4) is 5.75 Å². The lowest BCUT2D eigenvalue weighted by atomic mass is 10.3. The normalized spacial score (nSPS) is 16.1. The molecule has 0 aliphatic rings. The SMILES string of the molecule is COc1ccc([SH](C)(C(F)F)(C(F)F)S(C)(C)C)cc1. The first-order valence-electron chi connectivity index (χ1n) is 5.90. The molecule has 0 aliphatic heterocycles. The molecule has 0 unspecified atom stereocenters. The first-order valence-corrected chi connectivity index (χ1v) is 12.2. The molecule has 1 rings (SSSR count). The van der Waals surface area contributed by atoms with E-state index in [2.05, 4.69) is 0 Å². The van der Waals surface area contributed by atoms with Crippen LogP contribution < -0.4 is 4.74 Å². The van der Waals surface area contributed by atoms with E-state index < -0.39 is 28.8 Å². The van der Waals surface area contributed by atoms with Crippen LogP contribution in [0.2, 0.25) is 0 Å². The van der Waals surface area contributed by atoms with Crippen molar-refractivity contribution in [1.29, 1.82) is 0 Å². The van der Waals surface area contributed by atoms with Crippen molar-refractivity contribution in [3.63, 3.8) is 0 Å². The van der Waals surface area contributed by atoms with E-state index in [0.717, 1.165) is 6.26 Å². The molecule has 0 fully saturated rings. The monoisotopic (exact) mass is 334 g/mol. The predicted octanol–water partition coefficient (Wildman–Crippen LogP) is 4.81. The van der Waals surface area contributed by atoms with Crippen LogP contribution in [-0.2, 0) is 0 Å². The molecule has 1 aromatic carbocycles. The van der Waals surface area contributed by atoms with E-state index in [1.54, 1.807) is 18.8 Å². The molecule has 20 heavy (non-hydrogen) atoms. The minimum atomic E-state index is -4.70. The van der Waals surface area contributed by atoms with Gasteiger partial charge in [0.25, 0.3) is 11.5 Å². The van der Waals surface area contributed by atoms with Crippen LogP contribution in [0.4, 0.5) is 17.6 Å². The zero-order valence-electron chi connectivity index (χ0n) is 12.2. The van der Waals surface area contributed by atoms with Crippen LogP contribution in [0.15, 0.2) is 29.2 Å². The maximum atomic E-state index is 13.9. The fourth-order valence-corrected chi connectivity index (χ4v) is 10.3. The van der Waals surface area contributed by atoms with Gasteiger partial charge in [-0.3, -0.25) is 0 Å². The van der Waals surface area contributed by atoms with E-state index in [1.807, 2.05) is 0 Å². The number of ether oxygens (including phenoxy) is 1. The summed E-state index contributed by atoms with van der Waals surface area (Å²) < 4.78 is 60.7. The van der Waals surface area contributed by atoms with Gasteiger partial charge in [-0.25, -0.2) is 26.6 Å². The number of alkyl halides is 4. The van der Waals surface area contributed by atoms with Gasteiger partial charge in [-0.1, -0.05) is 0 Å². The van der Waals surface area contributed by atoms with Gasteiger partial charge in [-0.2, -0.15) is 0 Å². The van der Waals surface area contributed by atoms with Gasteiger partial charge in [0.2, 0.25) is 0 Å². The van der Waals surface area contributed by atoms with Gasteiger partial charge < -0.3 is 4.74 Å². The van der Waals surface area contributed by atoms with Crippen molar-refractivity contribution >= 4 is 17.3 Å². The van der Waals surface area contributed by atoms with E-state index >= 15 is 0 Å². The summed E-state index contributed by atoms with van der Waals surface area (Å²) in [6, 6.07) is 5.67. The zero-order valence-corrected chi connectivity index (χ0v) is 14.0. The molecular weight excluding hydrogens is 312 g/mol. The lowest BCUT2D eigenvalue weighted by Crippen LogP contribution is -2.35. The van der Waals surface area contributed by atoms with Crippen LogP contribution >= 0.6 is 17.3 Å². The fourth-order valence-electron chi connectivity index (χ4n) is 2.07. The standard InChI is InChI=1S/C13H22F4OS2/c1-18-10-6-8-11(9-7-10)20(5,12(14)15,13(16)17)19(2,3)4/h6-9,12-13,20H,1-5H3. The van der Waals surface area contributed by atoms with E-state index in [4.69, 9.17) is 4.74 Å². The lowest BCUT2D eigenvalue weighted by molar-refractivity contribution is 0.205. The smallest absolute Gasteiger partial charge is 0.269 e. The van der Waals surface area contributed by atoms with Crippen LogP contribution in [-0.4, -0.2) is 43.6 Å². The molecule has 7 heteroatoms. The van der Waals surface area contributed by atoms with Crippen molar-refractivity contribution < 1.29 is 22.3 Å². The topological polar surface area (TPSA) is 9.23 Å². The Morgan fingerprint density at radius 1 is 0.950 bits per heavy atom. The second-order valence-electron chi connectivity index (χ2n) is 5.66. The van der Waals surface area contributed by atoms with Crippen molar-refractivity contribution in [2.24, 2.45) is 0 Å². The Kier molecular flexibility index (Phi) is 4.66. The zero-order chi connectivity index (χ0) is 15.8. The summed E-state index contributed by atoms with van der Waals surface area (Å²) in [6.45, 7) is 0. The minimum absolute atomic E-state index is 0.0734. The van der Waals surface area contributed by atoms with Crippen LogP contribution in [0.1, 0.15) is 0 Å². The van der Waals surface area contributed by atoms with Gasteiger partial charge in [0.05, 0.1) is 7.11 Å². The lowest BCUT2D eigenvalue weighted by Gasteiger charge is -2.68. The van der Waals surface area contributed by atoms with Crippen LogP contribution in [0, 0.1) is 0 Å². The Balaban J connectivity index is 3.68. The Morgan fingerprint density at radius 2 is 1.35 bits per heavy atom. The first kappa shape index (κ1) is 17.5. The molecule has 120 valence electrons. The highest BCUT2D eigenvalue weighted by molar-refractivity contribution is 9.15. The molecule has 0 radical (unpaired) electrons. The molecule has 0 bridgehead atoms. The molecule has 0 N–H and O–H groups in total. The summed E-state index contributed by atoms with van der Waals surface area (Å²) >= 11 is 0. The van der Waals surface area contributed by atoms with Gasteiger partial charge in [0, 0.05) is 0 Å². The van der Waals surface area contributed by atoms with Crippen LogP contribution in [0.5, 0.6) is 5.75 Å². The van der Waals surface area contributed by atoms with E-state index in [0.29, 0.717) is 5.75 Å². The Hall–Kier alpha value is -0.560. The van der Waals surface area contributed by atoms with Crippen LogP contribution in [0.25, 0.3) is 0 Å².